The molecule has 276 valence electrons. The Bertz CT molecular complexity index is 1890. The number of hydrazine groups is 1. The maximum atomic E-state index is 13.2. The number of hydrogen-bond donors (Lipinski definition) is 1. The minimum Gasteiger partial charge on any atom is -0.496 e. The molecule has 1 aliphatic rings. The molecule has 0 aliphatic heterocycles. The van der Waals surface area contributed by atoms with E-state index in [2.05, 4.69) is 51.3 Å². The minimum absolute atomic E-state index is 0.0107. The fourth-order valence-corrected chi connectivity index (χ4v) is 6.43. The number of esters is 1. The van der Waals surface area contributed by atoms with Crippen molar-refractivity contribution < 1.29 is 28.3 Å². The van der Waals surface area contributed by atoms with Crippen LogP contribution in [0, 0.1) is 38.0 Å². The monoisotopic (exact) mass is 706 g/mol. The molecule has 1 saturated carbocycles. The van der Waals surface area contributed by atoms with E-state index in [1.807, 2.05) is 84.0 Å². The number of methoxy groups -OCH3 is 1. The molecule has 8 nitrogen and oxygen atoms in total. The number of rotatable bonds is 9. The number of amides is 2. The van der Waals surface area contributed by atoms with Crippen molar-refractivity contribution >= 4 is 17.8 Å². The van der Waals surface area contributed by atoms with Gasteiger partial charge in [-0.15, -0.1) is 0 Å². The van der Waals surface area contributed by atoms with Crippen LogP contribution in [-0.2, 0) is 22.6 Å². The highest BCUT2D eigenvalue weighted by Gasteiger charge is 2.61. The highest BCUT2D eigenvalue weighted by atomic mass is 16.5. The first-order chi connectivity index (χ1) is 24.4. The third-order valence-corrected chi connectivity index (χ3v) is 9.29. The van der Waals surface area contributed by atoms with E-state index in [0.29, 0.717) is 16.9 Å². The van der Waals surface area contributed by atoms with Crippen LogP contribution in [-0.4, -0.2) is 35.4 Å². The van der Waals surface area contributed by atoms with Crippen molar-refractivity contribution in [2.45, 2.75) is 87.8 Å². The summed E-state index contributed by atoms with van der Waals surface area (Å²) < 4.78 is 16.4. The highest BCUT2D eigenvalue weighted by Crippen LogP contribution is 2.59. The van der Waals surface area contributed by atoms with E-state index in [-0.39, 0.29) is 41.6 Å². The van der Waals surface area contributed by atoms with Gasteiger partial charge in [-0.1, -0.05) is 79.1 Å². The van der Waals surface area contributed by atoms with Gasteiger partial charge >= 0.3 is 5.97 Å². The maximum absolute atomic E-state index is 13.2. The van der Waals surface area contributed by atoms with Crippen molar-refractivity contribution in [1.29, 1.82) is 0 Å². The number of hydrogen-bond acceptors (Lipinski definition) is 6. The second-order valence-corrected chi connectivity index (χ2v) is 15.5. The lowest BCUT2D eigenvalue weighted by Crippen LogP contribution is -2.56. The van der Waals surface area contributed by atoms with Gasteiger partial charge in [0.25, 0.3) is 11.8 Å². The molecule has 8 heteroatoms. The van der Waals surface area contributed by atoms with Crippen LogP contribution in [0.25, 0.3) is 0 Å². The lowest BCUT2D eigenvalue weighted by molar-refractivity contribution is -0.147. The molecule has 5 rings (SSSR count). The molecular weight excluding hydrogens is 652 g/mol. The number of furan rings is 1. The van der Waals surface area contributed by atoms with Crippen molar-refractivity contribution in [3.63, 3.8) is 0 Å². The average Bonchev–Trinajstić information content (AvgIpc) is 3.34. The summed E-state index contributed by atoms with van der Waals surface area (Å²) in [4.78, 5) is 38.5. The van der Waals surface area contributed by atoms with Gasteiger partial charge in [-0.05, 0) is 103 Å². The molecule has 0 spiro atoms. The Morgan fingerprint density at radius 1 is 0.904 bits per heavy atom. The molecule has 0 saturated heterocycles. The molecule has 4 aromatic rings. The Balaban J connectivity index is 0.000000233. The van der Waals surface area contributed by atoms with Crippen LogP contribution in [0.4, 0.5) is 0 Å². The topological polar surface area (TPSA) is 98.1 Å². The van der Waals surface area contributed by atoms with Gasteiger partial charge in [-0.25, -0.2) is 5.01 Å². The predicted molar refractivity (Wildman–Crippen MR) is 205 cm³/mol. The largest absolute Gasteiger partial charge is 0.496 e. The highest BCUT2D eigenvalue weighted by molar-refractivity contribution is 6.00. The van der Waals surface area contributed by atoms with Crippen molar-refractivity contribution in [3.8, 4) is 5.75 Å². The molecule has 1 fully saturated rings. The number of carbonyl (C=O) groups is 3. The first-order valence-electron chi connectivity index (χ1n) is 17.7. The van der Waals surface area contributed by atoms with Gasteiger partial charge in [-0.3, -0.25) is 19.8 Å². The Kier molecular flexibility index (Phi) is 12.6. The van der Waals surface area contributed by atoms with Crippen LogP contribution in [0.3, 0.4) is 0 Å². The molecule has 52 heavy (non-hydrogen) atoms. The zero-order valence-corrected chi connectivity index (χ0v) is 32.5. The van der Waals surface area contributed by atoms with Crippen molar-refractivity contribution in [1.82, 2.24) is 10.4 Å². The SMILES string of the molecule is CC(C)=C[C@@H]1[C@@H](C(=O)OCc2coc(Cc3ccccc3)c2)C1(C)C.COc1cccc(C(=O)NN(C(=O)c2cc(C)cc(C)c2)C(C)(C)C)c1C. The number of carbonyl (C=O) groups excluding carboxylic acids is 3. The van der Waals surface area contributed by atoms with Crippen LogP contribution < -0.4 is 10.2 Å². The van der Waals surface area contributed by atoms with Crippen LogP contribution in [0.15, 0.2) is 95.1 Å². The lowest BCUT2D eigenvalue weighted by Gasteiger charge is -2.35. The normalized spacial score (nSPS) is 15.8. The van der Waals surface area contributed by atoms with Gasteiger partial charge in [0, 0.05) is 28.7 Å². The molecule has 0 radical (unpaired) electrons. The van der Waals surface area contributed by atoms with Gasteiger partial charge in [0.1, 0.15) is 18.1 Å². The summed E-state index contributed by atoms with van der Waals surface area (Å²) in [6, 6.07) is 23.1. The molecule has 2 atom stereocenters. The molecule has 0 bridgehead atoms. The second kappa shape index (κ2) is 16.5. The number of allylic oxidation sites excluding steroid dienone is 2. The van der Waals surface area contributed by atoms with Gasteiger partial charge in [0.2, 0.25) is 0 Å². The molecular formula is C44H54N2O6. The van der Waals surface area contributed by atoms with E-state index in [0.717, 1.165) is 34.4 Å². The molecule has 1 aromatic heterocycles. The Morgan fingerprint density at radius 2 is 1.56 bits per heavy atom. The Hall–Kier alpha value is -5.11. The first kappa shape index (κ1) is 39.7. The summed E-state index contributed by atoms with van der Waals surface area (Å²) in [5.74, 6) is 1.04. The van der Waals surface area contributed by atoms with Crippen molar-refractivity contribution in [2.75, 3.05) is 7.11 Å². The van der Waals surface area contributed by atoms with E-state index in [1.54, 1.807) is 31.6 Å². The number of nitrogens with one attached hydrogen (secondary N) is 1. The molecule has 1 heterocycles. The van der Waals surface area contributed by atoms with Gasteiger partial charge in [0.15, 0.2) is 0 Å². The number of aryl methyl sites for hydroxylation is 2. The minimum atomic E-state index is -0.600. The quantitative estimate of drug-likeness (QED) is 0.106. The van der Waals surface area contributed by atoms with Gasteiger partial charge < -0.3 is 13.9 Å². The Labute approximate surface area is 309 Å². The number of nitrogens with zero attached hydrogens (tertiary/aromatic N) is 1. The summed E-state index contributed by atoms with van der Waals surface area (Å²) in [6.45, 7) is 20.0. The summed E-state index contributed by atoms with van der Waals surface area (Å²) in [5.41, 5.74) is 9.27. The van der Waals surface area contributed by atoms with Gasteiger partial charge in [-0.2, -0.15) is 0 Å². The van der Waals surface area contributed by atoms with Crippen LogP contribution in [0.5, 0.6) is 5.75 Å². The van der Waals surface area contributed by atoms with E-state index < -0.39 is 5.54 Å². The van der Waals surface area contributed by atoms with Crippen LogP contribution >= 0.6 is 0 Å². The van der Waals surface area contributed by atoms with E-state index in [4.69, 9.17) is 13.9 Å². The standard InChI is InChI=1S/C22H28N2O3.C22H26O3/c1-14-11-15(2)13-17(12-14)21(26)24(22(4,5)6)23-20(25)18-9-8-10-19(27-7)16(18)3;1-15(2)10-19-20(22(19,3)4)21(23)25-14-17-12-18(24-13-17)11-16-8-6-5-7-9-16/h8-13H,1-7H3,(H,23,25);5-10,12-13,19-20H,11,14H2,1-4H3/t;19-,20+/m.1/s1. The molecule has 1 N–H and O–H groups in total. The van der Waals surface area contributed by atoms with E-state index in [9.17, 15) is 14.4 Å². The van der Waals surface area contributed by atoms with Crippen molar-refractivity contribution in [2.24, 2.45) is 17.3 Å². The predicted octanol–water partition coefficient (Wildman–Crippen LogP) is 9.36. The zero-order chi connectivity index (χ0) is 38.4. The Morgan fingerprint density at radius 3 is 2.15 bits per heavy atom. The lowest BCUT2D eigenvalue weighted by atomic mass is 10.0. The van der Waals surface area contributed by atoms with E-state index >= 15 is 0 Å². The molecule has 1 aliphatic carbocycles. The molecule has 0 unspecified atom stereocenters. The third-order valence-electron chi connectivity index (χ3n) is 9.29. The summed E-state index contributed by atoms with van der Waals surface area (Å²) in [5, 5.41) is 1.39. The first-order valence-corrected chi connectivity index (χ1v) is 17.7. The van der Waals surface area contributed by atoms with Crippen molar-refractivity contribution in [3.05, 3.63) is 135 Å². The van der Waals surface area contributed by atoms with E-state index in [1.165, 1.54) is 16.1 Å². The fraction of sp³-hybridized carbons (Fsp3) is 0.386. The molecule has 3 aromatic carbocycles. The second-order valence-electron chi connectivity index (χ2n) is 15.5. The summed E-state index contributed by atoms with van der Waals surface area (Å²) in [6.07, 6.45) is 4.60. The summed E-state index contributed by atoms with van der Waals surface area (Å²) in [7, 11) is 1.56. The third kappa shape index (κ3) is 10.0. The number of benzene rings is 3. The van der Waals surface area contributed by atoms with Gasteiger partial charge in [0.05, 0.1) is 24.8 Å². The fourth-order valence-electron chi connectivity index (χ4n) is 6.43. The smallest absolute Gasteiger partial charge is 0.310 e. The van der Waals surface area contributed by atoms with Crippen LogP contribution in [0.1, 0.15) is 103 Å². The van der Waals surface area contributed by atoms with Crippen LogP contribution in [0.2, 0.25) is 0 Å². The molecule has 2 amide bonds. The maximum Gasteiger partial charge on any atom is 0.310 e. The average molecular weight is 707 g/mol. The number of ether oxygens (including phenoxy) is 2. The zero-order valence-electron chi connectivity index (χ0n) is 32.5. The summed E-state index contributed by atoms with van der Waals surface area (Å²) >= 11 is 0.